The summed E-state index contributed by atoms with van der Waals surface area (Å²) in [5.74, 6) is -0.126. The predicted octanol–water partition coefficient (Wildman–Crippen LogP) is -0.870. The van der Waals surface area contributed by atoms with Crippen molar-refractivity contribution >= 4 is 29.1 Å². The molecule has 1 aromatic rings. The fraction of sp³-hybridized carbons (Fsp3) is 0.500. The van der Waals surface area contributed by atoms with E-state index < -0.39 is 5.91 Å². The van der Waals surface area contributed by atoms with E-state index in [9.17, 15) is 4.79 Å². The molecule has 0 aliphatic carbocycles. The second-order valence-corrected chi connectivity index (χ2v) is 5.74. The van der Waals surface area contributed by atoms with Gasteiger partial charge in [0, 0.05) is 30.3 Å². The van der Waals surface area contributed by atoms with Crippen LogP contribution in [0, 0.1) is 0 Å². The van der Waals surface area contributed by atoms with Crippen LogP contribution in [-0.4, -0.2) is 31.8 Å². The van der Waals surface area contributed by atoms with Gasteiger partial charge in [-0.2, -0.15) is 0 Å². The van der Waals surface area contributed by atoms with E-state index in [0.717, 1.165) is 31.6 Å². The Morgan fingerprint density at radius 3 is 2.86 bits per heavy atom. The van der Waals surface area contributed by atoms with Crippen LogP contribution in [0.4, 0.5) is 0 Å². The highest BCUT2D eigenvalue weighted by Crippen LogP contribution is 2.32. The second kappa shape index (κ2) is 9.43. The molecule has 1 fully saturated rings. The van der Waals surface area contributed by atoms with Gasteiger partial charge in [0.1, 0.15) is 5.75 Å². The maximum Gasteiger partial charge on any atom is 0.255 e. The zero-order chi connectivity index (χ0) is 15.2. The van der Waals surface area contributed by atoms with Gasteiger partial charge >= 0.3 is 0 Å². The van der Waals surface area contributed by atoms with Gasteiger partial charge in [-0.05, 0) is 25.0 Å². The lowest BCUT2D eigenvalue weighted by Crippen LogP contribution is -3.00. The number of benzene rings is 1. The largest absolute Gasteiger partial charge is 1.00 e. The highest BCUT2D eigenvalue weighted by atomic mass is 35.5. The molecule has 0 spiro atoms. The molecule has 0 saturated carbocycles. The van der Waals surface area contributed by atoms with Crippen LogP contribution in [0.15, 0.2) is 12.1 Å². The molecule has 3 N–H and O–H groups in total. The van der Waals surface area contributed by atoms with E-state index in [1.54, 1.807) is 12.1 Å². The lowest BCUT2D eigenvalue weighted by molar-refractivity contribution is -0.119. The minimum Gasteiger partial charge on any atom is -1.00 e. The van der Waals surface area contributed by atoms with Crippen molar-refractivity contribution < 1.29 is 26.7 Å². The molecule has 8 heteroatoms. The standard InChI is InChI=1S/C14H18Cl2N2O3.ClH/c15-10-4-9(6-18-7-11-2-1-3-20-11)14(12(16)5-10)21-8-13(17)19;/h4-5,11,18H,1-3,6-8H2,(H2,17,19);1H/p-1. The third-order valence-corrected chi connectivity index (χ3v) is 3.65. The normalized spacial score (nSPS) is 17.1. The average Bonchev–Trinajstić information content (AvgIpc) is 2.90. The molecule has 1 saturated heterocycles. The van der Waals surface area contributed by atoms with Crippen LogP contribution >= 0.6 is 23.2 Å². The molecule has 1 unspecified atom stereocenters. The Bertz CT molecular complexity index is 508. The maximum atomic E-state index is 10.8. The SMILES string of the molecule is NC(=O)COc1c(Cl)cc(Cl)cc1CNCC1CCCO1.[Cl-]. The van der Waals surface area contributed by atoms with E-state index in [1.807, 2.05) is 0 Å². The van der Waals surface area contributed by atoms with Crippen molar-refractivity contribution in [3.63, 3.8) is 0 Å². The molecule has 0 radical (unpaired) electrons. The first-order valence-corrected chi connectivity index (χ1v) is 7.53. The van der Waals surface area contributed by atoms with Crippen molar-refractivity contribution in [2.75, 3.05) is 19.8 Å². The third kappa shape index (κ3) is 5.82. The van der Waals surface area contributed by atoms with Crippen LogP contribution in [0.3, 0.4) is 0 Å². The van der Waals surface area contributed by atoms with Gasteiger partial charge in [0.25, 0.3) is 5.91 Å². The Balaban J connectivity index is 0.00000242. The van der Waals surface area contributed by atoms with Gasteiger partial charge in [-0.15, -0.1) is 0 Å². The molecule has 1 aliphatic heterocycles. The summed E-state index contributed by atoms with van der Waals surface area (Å²) in [7, 11) is 0. The number of rotatable bonds is 7. The summed E-state index contributed by atoms with van der Waals surface area (Å²) in [5, 5.41) is 4.16. The van der Waals surface area contributed by atoms with Gasteiger partial charge in [-0.25, -0.2) is 0 Å². The number of carbonyl (C=O) groups is 1. The monoisotopic (exact) mass is 367 g/mol. The molecule has 2 rings (SSSR count). The van der Waals surface area contributed by atoms with Crippen LogP contribution in [0.25, 0.3) is 0 Å². The Kier molecular flexibility index (Phi) is 8.28. The van der Waals surface area contributed by atoms with Crippen molar-refractivity contribution in [1.29, 1.82) is 0 Å². The minimum atomic E-state index is -0.556. The van der Waals surface area contributed by atoms with Crippen molar-refractivity contribution in [2.45, 2.75) is 25.5 Å². The van der Waals surface area contributed by atoms with E-state index in [4.69, 9.17) is 38.4 Å². The molecule has 1 amide bonds. The molecule has 1 atom stereocenters. The average molecular weight is 369 g/mol. The quantitative estimate of drug-likeness (QED) is 0.656. The first-order chi connectivity index (χ1) is 10.1. The summed E-state index contributed by atoms with van der Waals surface area (Å²) in [5.41, 5.74) is 5.87. The van der Waals surface area contributed by atoms with Crippen LogP contribution in [0.1, 0.15) is 18.4 Å². The lowest BCUT2D eigenvalue weighted by atomic mass is 10.2. The van der Waals surface area contributed by atoms with Gasteiger partial charge in [-0.1, -0.05) is 23.2 Å². The van der Waals surface area contributed by atoms with E-state index in [0.29, 0.717) is 22.3 Å². The molecule has 1 heterocycles. The summed E-state index contributed by atoms with van der Waals surface area (Å²) in [4.78, 5) is 10.8. The zero-order valence-corrected chi connectivity index (χ0v) is 14.2. The molecular weight excluding hydrogens is 351 g/mol. The molecule has 1 aliphatic rings. The number of nitrogens with one attached hydrogen (secondary N) is 1. The Morgan fingerprint density at radius 1 is 1.45 bits per heavy atom. The highest BCUT2D eigenvalue weighted by molar-refractivity contribution is 6.35. The molecular formula is C14H18Cl3N2O3-. The van der Waals surface area contributed by atoms with E-state index in [1.165, 1.54) is 0 Å². The Labute approximate surface area is 145 Å². The van der Waals surface area contributed by atoms with Crippen molar-refractivity contribution in [3.05, 3.63) is 27.7 Å². The minimum absolute atomic E-state index is 0. The number of primary amides is 1. The molecule has 5 nitrogen and oxygen atoms in total. The van der Waals surface area contributed by atoms with Crippen molar-refractivity contribution in [3.8, 4) is 5.75 Å². The predicted molar refractivity (Wildman–Crippen MR) is 81.8 cm³/mol. The molecule has 1 aromatic carbocycles. The third-order valence-electron chi connectivity index (χ3n) is 3.16. The van der Waals surface area contributed by atoms with Crippen LogP contribution in [0.2, 0.25) is 10.0 Å². The highest BCUT2D eigenvalue weighted by Gasteiger charge is 2.16. The smallest absolute Gasteiger partial charge is 0.255 e. The number of nitrogens with two attached hydrogens (primary N) is 1. The number of halogens is 3. The molecule has 124 valence electrons. The fourth-order valence-corrected chi connectivity index (χ4v) is 2.81. The second-order valence-electron chi connectivity index (χ2n) is 4.90. The summed E-state index contributed by atoms with van der Waals surface area (Å²) < 4.78 is 10.9. The fourth-order valence-electron chi connectivity index (χ4n) is 2.22. The number of carbonyl (C=O) groups excluding carboxylic acids is 1. The Hall–Kier alpha value is -0.720. The van der Waals surface area contributed by atoms with E-state index in [-0.39, 0.29) is 25.1 Å². The summed E-state index contributed by atoms with van der Waals surface area (Å²) in [6.07, 6.45) is 2.41. The molecule has 22 heavy (non-hydrogen) atoms. The lowest BCUT2D eigenvalue weighted by Gasteiger charge is -2.15. The van der Waals surface area contributed by atoms with E-state index >= 15 is 0 Å². The summed E-state index contributed by atoms with van der Waals surface area (Å²) in [6, 6.07) is 3.33. The number of hydrogen-bond acceptors (Lipinski definition) is 4. The first kappa shape index (κ1) is 19.3. The van der Waals surface area contributed by atoms with Gasteiger partial charge in [-0.3, -0.25) is 4.79 Å². The first-order valence-electron chi connectivity index (χ1n) is 6.77. The van der Waals surface area contributed by atoms with Crippen LogP contribution in [0.5, 0.6) is 5.75 Å². The Morgan fingerprint density at radius 2 is 2.23 bits per heavy atom. The van der Waals surface area contributed by atoms with Gasteiger partial charge in [0.05, 0.1) is 11.1 Å². The summed E-state index contributed by atoms with van der Waals surface area (Å²) in [6.45, 7) is 1.87. The van der Waals surface area contributed by atoms with Crippen molar-refractivity contribution in [2.24, 2.45) is 5.73 Å². The van der Waals surface area contributed by atoms with Crippen LogP contribution < -0.4 is 28.2 Å². The zero-order valence-electron chi connectivity index (χ0n) is 11.9. The molecule has 0 bridgehead atoms. The number of amides is 1. The van der Waals surface area contributed by atoms with Gasteiger partial charge < -0.3 is 32.9 Å². The van der Waals surface area contributed by atoms with Crippen LogP contribution in [-0.2, 0) is 16.1 Å². The van der Waals surface area contributed by atoms with Gasteiger partial charge in [0.15, 0.2) is 6.61 Å². The maximum absolute atomic E-state index is 10.8. The van der Waals surface area contributed by atoms with Gasteiger partial charge in [0.2, 0.25) is 0 Å². The topological polar surface area (TPSA) is 73.6 Å². The van der Waals surface area contributed by atoms with Crippen molar-refractivity contribution in [1.82, 2.24) is 5.32 Å². The number of ether oxygens (including phenoxy) is 2. The van der Waals surface area contributed by atoms with E-state index in [2.05, 4.69) is 5.32 Å². The number of hydrogen-bond donors (Lipinski definition) is 2. The molecule has 0 aromatic heterocycles. The summed E-state index contributed by atoms with van der Waals surface area (Å²) >= 11 is 12.1.